The molecule has 1 rings (SSSR count). The van der Waals surface area contributed by atoms with E-state index < -0.39 is 18.0 Å². The summed E-state index contributed by atoms with van der Waals surface area (Å²) < 4.78 is 0. The highest BCUT2D eigenvalue weighted by atomic mass is 16.4. The largest absolute Gasteiger partial charge is 0.473 e. The van der Waals surface area contributed by atoms with E-state index in [2.05, 4.69) is 31.4 Å². The first kappa shape index (κ1) is 19.2. The van der Waals surface area contributed by atoms with E-state index >= 15 is 0 Å². The average molecular weight is 304 g/mol. The van der Waals surface area contributed by atoms with E-state index in [0.29, 0.717) is 5.92 Å². The maximum absolute atomic E-state index is 10.8. The van der Waals surface area contributed by atoms with E-state index in [9.17, 15) is 4.79 Å². The molecule has 0 radical (unpaired) electrons. The van der Waals surface area contributed by atoms with Crippen LogP contribution in [0.25, 0.3) is 0 Å². The van der Waals surface area contributed by atoms with Crippen LogP contribution in [-0.2, 0) is 9.59 Å². The quantitative estimate of drug-likeness (QED) is 0.476. The molecule has 1 heterocycles. The summed E-state index contributed by atoms with van der Waals surface area (Å²) in [7, 11) is 0. The number of carbonyl (C=O) groups is 3. The molecule has 1 fully saturated rings. The van der Waals surface area contributed by atoms with Crippen LogP contribution < -0.4 is 10.6 Å². The summed E-state index contributed by atoms with van der Waals surface area (Å²) in [5, 5.41) is 29.6. The Kier molecular flexibility index (Phi) is 7.72. The summed E-state index contributed by atoms with van der Waals surface area (Å²) in [6.07, 6.45) is 1.33. The fraction of sp³-hybridized carbons (Fsp3) is 0.769. The molecule has 2 atom stereocenters. The predicted octanol–water partition coefficient (Wildman–Crippen LogP) is 0.824. The second-order valence-electron chi connectivity index (χ2n) is 6.01. The van der Waals surface area contributed by atoms with Gasteiger partial charge in [0.15, 0.2) is 0 Å². The summed E-state index contributed by atoms with van der Waals surface area (Å²) in [5.41, 5.74) is -0.0257. The van der Waals surface area contributed by atoms with Crippen LogP contribution in [0.4, 0.5) is 4.79 Å². The third kappa shape index (κ3) is 8.13. The molecule has 0 spiro atoms. The molecule has 0 aromatic heterocycles. The fourth-order valence-corrected chi connectivity index (χ4v) is 2.34. The zero-order chi connectivity index (χ0) is 16.6. The van der Waals surface area contributed by atoms with Gasteiger partial charge in [0.2, 0.25) is 0 Å². The van der Waals surface area contributed by atoms with Gasteiger partial charge in [-0.1, -0.05) is 20.8 Å². The lowest BCUT2D eigenvalue weighted by molar-refractivity contribution is -0.159. The first-order valence-corrected chi connectivity index (χ1v) is 6.72. The first-order valence-electron chi connectivity index (χ1n) is 6.72. The third-order valence-electron chi connectivity index (χ3n) is 3.20. The minimum Gasteiger partial charge on any atom is -0.473 e. The number of amides is 1. The molecule has 1 aliphatic rings. The van der Waals surface area contributed by atoms with E-state index in [1.165, 1.54) is 0 Å². The van der Waals surface area contributed by atoms with Crippen LogP contribution in [0.15, 0.2) is 0 Å². The Hall–Kier alpha value is -1.83. The molecule has 0 aromatic rings. The second-order valence-corrected chi connectivity index (χ2v) is 6.01. The number of nitrogens with one attached hydrogen (secondary N) is 2. The Morgan fingerprint density at radius 1 is 1.14 bits per heavy atom. The molecular weight excluding hydrogens is 280 g/mol. The summed E-state index contributed by atoms with van der Waals surface area (Å²) in [5.74, 6) is -3.24. The minimum absolute atomic E-state index is 0.0257. The van der Waals surface area contributed by atoms with E-state index in [1.54, 1.807) is 0 Å². The summed E-state index contributed by atoms with van der Waals surface area (Å²) in [6.45, 7) is 8.23. The predicted molar refractivity (Wildman–Crippen MR) is 75.3 cm³/mol. The lowest BCUT2D eigenvalue weighted by Gasteiger charge is -2.39. The standard InChI is InChI=1S/C11H22N2O2.C2H2O4/c1-11(2,3)9(13-10(14)15)8-5-4-6-12-7-8;3-1(4)2(5)6/h8-9,12-13H,4-7H2,1-3H3,(H,14,15);(H,3,4)(H,5,6). The molecule has 0 bridgehead atoms. The Labute approximate surface area is 123 Å². The minimum atomic E-state index is -1.82. The third-order valence-corrected chi connectivity index (χ3v) is 3.20. The van der Waals surface area contributed by atoms with Crippen LogP contribution in [0.5, 0.6) is 0 Å². The monoisotopic (exact) mass is 304 g/mol. The Morgan fingerprint density at radius 2 is 1.67 bits per heavy atom. The zero-order valence-electron chi connectivity index (χ0n) is 12.5. The SMILES string of the molecule is CC(C)(C)C(NC(=O)O)C1CCCNC1.O=C(O)C(=O)O. The molecule has 0 aromatic carbocycles. The van der Waals surface area contributed by atoms with E-state index in [1.807, 2.05) is 0 Å². The van der Waals surface area contributed by atoms with Gasteiger partial charge in [-0.15, -0.1) is 0 Å². The number of hydrogen-bond donors (Lipinski definition) is 5. The van der Waals surface area contributed by atoms with Crippen molar-refractivity contribution in [2.45, 2.75) is 39.7 Å². The molecule has 0 aliphatic carbocycles. The Morgan fingerprint density at radius 3 is 1.95 bits per heavy atom. The van der Waals surface area contributed by atoms with Crippen LogP contribution in [0.3, 0.4) is 0 Å². The highest BCUT2D eigenvalue weighted by Crippen LogP contribution is 2.28. The van der Waals surface area contributed by atoms with Crippen molar-refractivity contribution in [3.8, 4) is 0 Å². The maximum Gasteiger partial charge on any atom is 0.414 e. The topological polar surface area (TPSA) is 136 Å². The molecule has 2 unspecified atom stereocenters. The Balaban J connectivity index is 0.000000567. The van der Waals surface area contributed by atoms with Crippen molar-refractivity contribution in [1.82, 2.24) is 10.6 Å². The van der Waals surface area contributed by atoms with Gasteiger partial charge in [0.25, 0.3) is 0 Å². The molecule has 1 aliphatic heterocycles. The van der Waals surface area contributed by atoms with Crippen molar-refractivity contribution >= 4 is 18.0 Å². The fourth-order valence-electron chi connectivity index (χ4n) is 2.34. The highest BCUT2D eigenvalue weighted by molar-refractivity contribution is 6.27. The first-order chi connectivity index (χ1) is 9.55. The Bertz CT molecular complexity index is 359. The van der Waals surface area contributed by atoms with Gasteiger partial charge in [-0.3, -0.25) is 0 Å². The van der Waals surface area contributed by atoms with Gasteiger partial charge < -0.3 is 26.0 Å². The molecule has 122 valence electrons. The van der Waals surface area contributed by atoms with Gasteiger partial charge in [-0.05, 0) is 37.3 Å². The average Bonchev–Trinajstić information content (AvgIpc) is 2.36. The van der Waals surface area contributed by atoms with Crippen molar-refractivity contribution in [2.75, 3.05) is 13.1 Å². The normalized spacial score (nSPS) is 19.7. The number of carboxylic acids is 2. The van der Waals surface area contributed by atoms with Crippen molar-refractivity contribution < 1.29 is 29.7 Å². The van der Waals surface area contributed by atoms with Gasteiger partial charge >= 0.3 is 18.0 Å². The lowest BCUT2D eigenvalue weighted by atomic mass is 9.76. The van der Waals surface area contributed by atoms with Gasteiger partial charge in [-0.2, -0.15) is 0 Å². The molecule has 8 nitrogen and oxygen atoms in total. The molecule has 1 amide bonds. The number of carboxylic acid groups (broad SMARTS) is 3. The van der Waals surface area contributed by atoms with Crippen molar-refractivity contribution in [3.63, 3.8) is 0 Å². The van der Waals surface area contributed by atoms with E-state index in [-0.39, 0.29) is 11.5 Å². The maximum atomic E-state index is 10.8. The van der Waals surface area contributed by atoms with Gasteiger partial charge in [-0.25, -0.2) is 14.4 Å². The lowest BCUT2D eigenvalue weighted by Crippen LogP contribution is -2.52. The summed E-state index contributed by atoms with van der Waals surface area (Å²) >= 11 is 0. The molecule has 8 heteroatoms. The van der Waals surface area contributed by atoms with Crippen molar-refractivity contribution in [1.29, 1.82) is 0 Å². The number of hydrogen-bond acceptors (Lipinski definition) is 4. The molecule has 1 saturated heterocycles. The van der Waals surface area contributed by atoms with Gasteiger partial charge in [0, 0.05) is 6.04 Å². The summed E-state index contributed by atoms with van der Waals surface area (Å²) in [4.78, 5) is 29.0. The molecule has 0 saturated carbocycles. The van der Waals surface area contributed by atoms with Crippen LogP contribution in [0, 0.1) is 11.3 Å². The molecule has 5 N–H and O–H groups in total. The van der Waals surface area contributed by atoms with E-state index in [4.69, 9.17) is 24.9 Å². The van der Waals surface area contributed by atoms with E-state index in [0.717, 1.165) is 25.9 Å². The molecule has 21 heavy (non-hydrogen) atoms. The zero-order valence-corrected chi connectivity index (χ0v) is 12.5. The van der Waals surface area contributed by atoms with Crippen molar-refractivity contribution in [3.05, 3.63) is 0 Å². The van der Waals surface area contributed by atoms with Gasteiger partial charge in [0.1, 0.15) is 0 Å². The van der Waals surface area contributed by atoms with Crippen LogP contribution >= 0.6 is 0 Å². The van der Waals surface area contributed by atoms with Crippen LogP contribution in [-0.4, -0.2) is 52.5 Å². The number of piperidine rings is 1. The smallest absolute Gasteiger partial charge is 0.414 e. The van der Waals surface area contributed by atoms with Crippen LogP contribution in [0.1, 0.15) is 33.6 Å². The summed E-state index contributed by atoms with van der Waals surface area (Å²) in [6, 6.07) is 0.0304. The van der Waals surface area contributed by atoms with Gasteiger partial charge in [0.05, 0.1) is 0 Å². The second kappa shape index (κ2) is 8.46. The number of aliphatic carboxylic acids is 2. The van der Waals surface area contributed by atoms with Crippen molar-refractivity contribution in [2.24, 2.45) is 11.3 Å². The molecular formula is C13H24N2O6. The van der Waals surface area contributed by atoms with Crippen LogP contribution in [0.2, 0.25) is 0 Å². The number of rotatable bonds is 2. The highest BCUT2D eigenvalue weighted by Gasteiger charge is 2.34.